The van der Waals surface area contributed by atoms with E-state index in [1.807, 2.05) is 68.4 Å². The molecule has 1 N–H and O–H groups in total. The number of hydrogen-bond acceptors (Lipinski definition) is 4. The maximum atomic E-state index is 13.1. The van der Waals surface area contributed by atoms with E-state index in [1.165, 1.54) is 6.33 Å². The SMILES string of the molecule is COc1ccc(-n2c(C)cc(C(=O)Nc3ccccc3Cn3cncn3)c2C)cc1. The van der Waals surface area contributed by atoms with Crippen molar-refractivity contribution in [2.24, 2.45) is 0 Å². The third-order valence-electron chi connectivity index (χ3n) is 5.07. The van der Waals surface area contributed by atoms with Crippen LogP contribution in [0, 0.1) is 13.8 Å². The summed E-state index contributed by atoms with van der Waals surface area (Å²) in [5.41, 5.74) is 5.20. The monoisotopic (exact) mass is 401 g/mol. The zero-order valence-electron chi connectivity index (χ0n) is 17.2. The fourth-order valence-electron chi connectivity index (χ4n) is 3.58. The lowest BCUT2D eigenvalue weighted by atomic mass is 10.1. The Hall–Kier alpha value is -3.87. The minimum absolute atomic E-state index is 0.145. The van der Waals surface area contributed by atoms with Crippen LogP contribution in [-0.4, -0.2) is 32.3 Å². The highest BCUT2D eigenvalue weighted by Crippen LogP contribution is 2.24. The molecule has 0 aliphatic heterocycles. The summed E-state index contributed by atoms with van der Waals surface area (Å²) >= 11 is 0. The maximum absolute atomic E-state index is 13.1. The molecule has 4 rings (SSSR count). The number of anilines is 1. The van der Waals surface area contributed by atoms with Crippen molar-refractivity contribution in [3.63, 3.8) is 0 Å². The van der Waals surface area contributed by atoms with Crippen LogP contribution in [0.15, 0.2) is 67.3 Å². The molecule has 4 aromatic rings. The van der Waals surface area contributed by atoms with Gasteiger partial charge in [0.2, 0.25) is 0 Å². The van der Waals surface area contributed by atoms with Crippen LogP contribution in [0.1, 0.15) is 27.3 Å². The number of aryl methyl sites for hydroxylation is 1. The van der Waals surface area contributed by atoms with Gasteiger partial charge in [-0.3, -0.25) is 4.79 Å². The van der Waals surface area contributed by atoms with Crippen molar-refractivity contribution in [1.82, 2.24) is 19.3 Å². The number of carbonyl (C=O) groups excluding carboxylic acids is 1. The Morgan fingerprint density at radius 3 is 2.57 bits per heavy atom. The van der Waals surface area contributed by atoms with Crippen LogP contribution < -0.4 is 10.1 Å². The van der Waals surface area contributed by atoms with Crippen LogP contribution in [0.4, 0.5) is 5.69 Å². The number of methoxy groups -OCH3 is 1. The smallest absolute Gasteiger partial charge is 0.257 e. The second-order valence-electron chi connectivity index (χ2n) is 7.02. The number of amides is 1. The first kappa shape index (κ1) is 19.4. The van der Waals surface area contributed by atoms with E-state index in [4.69, 9.17) is 4.74 Å². The molecule has 0 unspecified atom stereocenters. The predicted molar refractivity (Wildman–Crippen MR) is 115 cm³/mol. The zero-order chi connectivity index (χ0) is 21.1. The highest BCUT2D eigenvalue weighted by atomic mass is 16.5. The van der Waals surface area contributed by atoms with Gasteiger partial charge < -0.3 is 14.6 Å². The van der Waals surface area contributed by atoms with Crippen LogP contribution in [-0.2, 0) is 6.54 Å². The third-order valence-corrected chi connectivity index (χ3v) is 5.07. The van der Waals surface area contributed by atoms with E-state index < -0.39 is 0 Å². The van der Waals surface area contributed by atoms with Crippen LogP contribution >= 0.6 is 0 Å². The second kappa shape index (κ2) is 8.24. The lowest BCUT2D eigenvalue weighted by Gasteiger charge is -2.12. The van der Waals surface area contributed by atoms with Gasteiger partial charge in [0.05, 0.1) is 19.2 Å². The molecule has 0 atom stereocenters. The number of aromatic nitrogens is 4. The minimum atomic E-state index is -0.145. The predicted octanol–water partition coefficient (Wildman–Crippen LogP) is 3.99. The fraction of sp³-hybridized carbons (Fsp3) is 0.174. The summed E-state index contributed by atoms with van der Waals surface area (Å²) in [6.07, 6.45) is 3.15. The second-order valence-corrected chi connectivity index (χ2v) is 7.02. The Morgan fingerprint density at radius 2 is 1.87 bits per heavy atom. The van der Waals surface area contributed by atoms with E-state index in [9.17, 15) is 4.79 Å². The summed E-state index contributed by atoms with van der Waals surface area (Å²) < 4.78 is 9.03. The first-order chi connectivity index (χ1) is 14.6. The number of para-hydroxylation sites is 1. The van der Waals surface area contributed by atoms with Crippen LogP contribution in [0.2, 0.25) is 0 Å². The Morgan fingerprint density at radius 1 is 1.10 bits per heavy atom. The minimum Gasteiger partial charge on any atom is -0.497 e. The molecule has 0 radical (unpaired) electrons. The molecule has 30 heavy (non-hydrogen) atoms. The van der Waals surface area contributed by atoms with Crippen molar-refractivity contribution in [2.75, 3.05) is 12.4 Å². The maximum Gasteiger partial charge on any atom is 0.257 e. The molecule has 2 aromatic heterocycles. The number of hydrogen-bond donors (Lipinski definition) is 1. The fourth-order valence-corrected chi connectivity index (χ4v) is 3.58. The molecule has 1 amide bonds. The molecule has 7 nitrogen and oxygen atoms in total. The first-order valence-corrected chi connectivity index (χ1v) is 9.62. The van der Waals surface area contributed by atoms with Gasteiger partial charge in [-0.05, 0) is 55.8 Å². The van der Waals surface area contributed by atoms with Gasteiger partial charge in [-0.25, -0.2) is 9.67 Å². The standard InChI is InChI=1S/C23H23N5O2/c1-16-12-21(17(2)28(16)19-8-10-20(30-3)11-9-19)23(29)26-22-7-5-4-6-18(22)13-27-15-24-14-25-27/h4-12,14-15H,13H2,1-3H3,(H,26,29). The van der Waals surface area contributed by atoms with E-state index in [0.29, 0.717) is 12.1 Å². The van der Waals surface area contributed by atoms with Crippen molar-refractivity contribution in [3.8, 4) is 11.4 Å². The van der Waals surface area contributed by atoms with Gasteiger partial charge >= 0.3 is 0 Å². The number of nitrogens with one attached hydrogen (secondary N) is 1. The summed E-state index contributed by atoms with van der Waals surface area (Å²) in [6.45, 7) is 4.47. The topological polar surface area (TPSA) is 74.0 Å². The average molecular weight is 401 g/mol. The van der Waals surface area contributed by atoms with E-state index in [0.717, 1.165) is 34.1 Å². The van der Waals surface area contributed by atoms with Crippen LogP contribution in [0.25, 0.3) is 5.69 Å². The summed E-state index contributed by atoms with van der Waals surface area (Å²) in [4.78, 5) is 17.1. The van der Waals surface area contributed by atoms with Crippen molar-refractivity contribution in [2.45, 2.75) is 20.4 Å². The molecule has 0 bridgehead atoms. The van der Waals surface area contributed by atoms with E-state index in [1.54, 1.807) is 18.1 Å². The molecular formula is C23H23N5O2. The molecule has 0 saturated heterocycles. The normalized spacial score (nSPS) is 10.8. The van der Waals surface area contributed by atoms with Gasteiger partial charge in [0, 0.05) is 22.8 Å². The lowest BCUT2D eigenvalue weighted by molar-refractivity contribution is 0.102. The van der Waals surface area contributed by atoms with E-state index >= 15 is 0 Å². The number of benzene rings is 2. The van der Waals surface area contributed by atoms with Gasteiger partial charge in [-0.15, -0.1) is 0 Å². The lowest BCUT2D eigenvalue weighted by Crippen LogP contribution is -2.15. The summed E-state index contributed by atoms with van der Waals surface area (Å²) in [6, 6.07) is 17.4. The van der Waals surface area contributed by atoms with Gasteiger partial charge in [-0.1, -0.05) is 18.2 Å². The first-order valence-electron chi connectivity index (χ1n) is 9.62. The summed E-state index contributed by atoms with van der Waals surface area (Å²) in [7, 11) is 1.64. The zero-order valence-corrected chi connectivity index (χ0v) is 17.2. The van der Waals surface area contributed by atoms with Crippen molar-refractivity contribution in [3.05, 3.63) is 89.8 Å². The molecular weight excluding hydrogens is 378 g/mol. The Balaban J connectivity index is 1.60. The number of nitrogens with zero attached hydrogens (tertiary/aromatic N) is 4. The summed E-state index contributed by atoms with van der Waals surface area (Å²) in [5.74, 6) is 0.650. The number of ether oxygens (including phenoxy) is 1. The molecule has 0 spiro atoms. The molecule has 0 aliphatic rings. The van der Waals surface area contributed by atoms with Crippen molar-refractivity contribution in [1.29, 1.82) is 0 Å². The Labute approximate surface area is 174 Å². The highest BCUT2D eigenvalue weighted by Gasteiger charge is 2.18. The third kappa shape index (κ3) is 3.82. The Kier molecular flexibility index (Phi) is 5.34. The van der Waals surface area contributed by atoms with Crippen LogP contribution in [0.3, 0.4) is 0 Å². The van der Waals surface area contributed by atoms with Gasteiger partial charge in [-0.2, -0.15) is 5.10 Å². The van der Waals surface area contributed by atoms with Gasteiger partial charge in [0.15, 0.2) is 0 Å². The van der Waals surface area contributed by atoms with E-state index in [-0.39, 0.29) is 5.91 Å². The van der Waals surface area contributed by atoms with Gasteiger partial charge in [0.1, 0.15) is 18.4 Å². The van der Waals surface area contributed by atoms with Crippen molar-refractivity contribution < 1.29 is 9.53 Å². The quantitative estimate of drug-likeness (QED) is 0.530. The number of carbonyl (C=O) groups is 1. The molecule has 2 heterocycles. The average Bonchev–Trinajstić information content (AvgIpc) is 3.37. The van der Waals surface area contributed by atoms with E-state index in [2.05, 4.69) is 20.0 Å². The Bertz CT molecular complexity index is 1160. The molecule has 7 heteroatoms. The summed E-state index contributed by atoms with van der Waals surface area (Å²) in [5, 5.41) is 7.20. The molecule has 0 aliphatic carbocycles. The van der Waals surface area contributed by atoms with Gasteiger partial charge in [0.25, 0.3) is 5.91 Å². The molecule has 0 saturated carbocycles. The molecule has 0 fully saturated rings. The molecule has 2 aromatic carbocycles. The largest absolute Gasteiger partial charge is 0.497 e. The number of rotatable bonds is 6. The molecule has 152 valence electrons. The van der Waals surface area contributed by atoms with Crippen molar-refractivity contribution >= 4 is 11.6 Å². The highest BCUT2D eigenvalue weighted by molar-refractivity contribution is 6.05. The van der Waals surface area contributed by atoms with Crippen LogP contribution in [0.5, 0.6) is 5.75 Å².